The summed E-state index contributed by atoms with van der Waals surface area (Å²) in [6, 6.07) is 12.6. The van der Waals surface area contributed by atoms with Crippen molar-refractivity contribution < 1.29 is 9.90 Å². The molecule has 0 spiro atoms. The number of aromatic amines is 1. The van der Waals surface area contributed by atoms with Crippen LogP contribution in [0.4, 0.5) is 5.69 Å². The molecule has 1 unspecified atom stereocenters. The predicted molar refractivity (Wildman–Crippen MR) is 132 cm³/mol. The number of piperazine rings is 1. The van der Waals surface area contributed by atoms with Gasteiger partial charge < -0.3 is 25.2 Å². The standard InChI is InChI=1S/C27H30N4O2/c1-30-10-12-31(13-11-30)18-14-17-6-2-3-7-19(17)21(15-18)24-25(27(33)29-26(24)32)22-16-28-23-9-5-4-8-20(22)23/h4-5,8-9,14-16,27-28,33H,2-3,6-7,10-13H2,1H3,(H,29,32). The van der Waals surface area contributed by atoms with E-state index in [0.717, 1.165) is 67.5 Å². The van der Waals surface area contributed by atoms with E-state index in [4.69, 9.17) is 0 Å². The van der Waals surface area contributed by atoms with Crippen molar-refractivity contribution >= 4 is 33.6 Å². The average Bonchev–Trinajstić information content (AvgIpc) is 3.38. The highest BCUT2D eigenvalue weighted by Crippen LogP contribution is 2.41. The number of carbonyl (C=O) groups excluding carboxylic acids is 1. The van der Waals surface area contributed by atoms with Crippen LogP contribution >= 0.6 is 0 Å². The maximum atomic E-state index is 13.3. The molecule has 1 amide bonds. The molecule has 1 atom stereocenters. The molecule has 1 fully saturated rings. The maximum absolute atomic E-state index is 13.3. The fraction of sp³-hybridized carbons (Fsp3) is 0.370. The number of nitrogens with one attached hydrogen (secondary N) is 2. The Bertz CT molecular complexity index is 1270. The number of carbonyl (C=O) groups is 1. The zero-order valence-electron chi connectivity index (χ0n) is 19.0. The SMILES string of the molecule is CN1CCN(c2cc3c(c(C4=C(c5c[nH]c6ccccc56)C(O)NC4=O)c2)CCCC3)CC1. The number of nitrogens with zero attached hydrogens (tertiary/aromatic N) is 2. The lowest BCUT2D eigenvalue weighted by Crippen LogP contribution is -2.44. The number of aliphatic hydroxyl groups excluding tert-OH is 1. The number of H-pyrrole nitrogens is 1. The molecule has 0 saturated carbocycles. The van der Waals surface area contributed by atoms with Gasteiger partial charge >= 0.3 is 0 Å². The topological polar surface area (TPSA) is 71.6 Å². The van der Waals surface area contributed by atoms with E-state index in [2.05, 4.69) is 39.3 Å². The summed E-state index contributed by atoms with van der Waals surface area (Å²) in [5, 5.41) is 14.8. The Hall–Kier alpha value is -3.09. The number of hydrogen-bond donors (Lipinski definition) is 3. The Balaban J connectivity index is 1.56. The number of amides is 1. The van der Waals surface area contributed by atoms with Crippen molar-refractivity contribution in [1.82, 2.24) is 15.2 Å². The van der Waals surface area contributed by atoms with Gasteiger partial charge in [-0.25, -0.2) is 0 Å². The largest absolute Gasteiger partial charge is 0.369 e. The normalized spacial score (nSPS) is 21.6. The second-order valence-electron chi connectivity index (χ2n) is 9.54. The van der Waals surface area contributed by atoms with Gasteiger partial charge in [-0.2, -0.15) is 0 Å². The molecule has 1 aromatic heterocycles. The summed E-state index contributed by atoms with van der Waals surface area (Å²) in [6.07, 6.45) is 5.24. The highest BCUT2D eigenvalue weighted by Gasteiger charge is 2.35. The monoisotopic (exact) mass is 442 g/mol. The third-order valence-corrected chi connectivity index (χ3v) is 7.50. The van der Waals surface area contributed by atoms with Crippen molar-refractivity contribution in [2.75, 3.05) is 38.1 Å². The van der Waals surface area contributed by atoms with Gasteiger partial charge in [-0.3, -0.25) is 4.79 Å². The second kappa shape index (κ2) is 8.04. The molecular formula is C27H30N4O2. The molecule has 170 valence electrons. The molecule has 3 aliphatic rings. The number of aliphatic hydroxyl groups is 1. The minimum atomic E-state index is -1.02. The molecule has 6 nitrogen and oxygen atoms in total. The Morgan fingerprint density at radius 2 is 1.79 bits per heavy atom. The van der Waals surface area contributed by atoms with Crippen molar-refractivity contribution in [1.29, 1.82) is 0 Å². The first-order valence-corrected chi connectivity index (χ1v) is 12.0. The van der Waals surface area contributed by atoms with E-state index in [1.165, 1.54) is 23.2 Å². The third-order valence-electron chi connectivity index (χ3n) is 7.50. The molecule has 2 aliphatic heterocycles. The van der Waals surface area contributed by atoms with Gasteiger partial charge in [0, 0.05) is 60.1 Å². The molecule has 6 rings (SSSR count). The van der Waals surface area contributed by atoms with Crippen LogP contribution in [0, 0.1) is 0 Å². The lowest BCUT2D eigenvalue weighted by molar-refractivity contribution is -0.116. The zero-order chi connectivity index (χ0) is 22.5. The van der Waals surface area contributed by atoms with Gasteiger partial charge in [0.05, 0.1) is 5.57 Å². The first kappa shape index (κ1) is 20.5. The lowest BCUT2D eigenvalue weighted by atomic mass is 9.83. The van der Waals surface area contributed by atoms with Crippen molar-refractivity contribution in [2.24, 2.45) is 0 Å². The Labute approximate surface area is 193 Å². The van der Waals surface area contributed by atoms with E-state index < -0.39 is 6.23 Å². The Morgan fingerprint density at radius 3 is 2.64 bits per heavy atom. The van der Waals surface area contributed by atoms with Crippen LogP contribution in [-0.2, 0) is 17.6 Å². The van der Waals surface area contributed by atoms with Gasteiger partial charge in [-0.1, -0.05) is 18.2 Å². The van der Waals surface area contributed by atoms with Crippen molar-refractivity contribution in [3.05, 3.63) is 64.8 Å². The molecule has 2 aromatic carbocycles. The molecule has 3 aromatic rings. The summed E-state index contributed by atoms with van der Waals surface area (Å²) in [4.78, 5) is 21.4. The first-order chi connectivity index (χ1) is 16.1. The summed E-state index contributed by atoms with van der Waals surface area (Å²) in [6.45, 7) is 4.04. The van der Waals surface area contributed by atoms with E-state index in [1.807, 2.05) is 30.5 Å². The molecule has 3 heterocycles. The Kier molecular flexibility index (Phi) is 5.00. The number of para-hydroxylation sites is 1. The predicted octanol–water partition coefficient (Wildman–Crippen LogP) is 3.16. The number of aryl methyl sites for hydroxylation is 1. The number of benzene rings is 2. The van der Waals surface area contributed by atoms with Crippen LogP contribution < -0.4 is 10.2 Å². The minimum Gasteiger partial charge on any atom is -0.369 e. The number of hydrogen-bond acceptors (Lipinski definition) is 4. The summed E-state index contributed by atoms with van der Waals surface area (Å²) < 4.78 is 0. The highest BCUT2D eigenvalue weighted by atomic mass is 16.3. The lowest BCUT2D eigenvalue weighted by Gasteiger charge is -2.35. The third kappa shape index (κ3) is 3.45. The molecule has 6 heteroatoms. The molecule has 3 N–H and O–H groups in total. The van der Waals surface area contributed by atoms with Crippen molar-refractivity contribution in [2.45, 2.75) is 31.9 Å². The van der Waals surface area contributed by atoms with Gasteiger partial charge in [0.2, 0.25) is 0 Å². The zero-order valence-corrected chi connectivity index (χ0v) is 19.0. The molecule has 1 aliphatic carbocycles. The summed E-state index contributed by atoms with van der Waals surface area (Å²) in [7, 11) is 2.16. The van der Waals surface area contributed by atoms with E-state index in [1.54, 1.807) is 0 Å². The summed E-state index contributed by atoms with van der Waals surface area (Å²) in [5.74, 6) is -0.189. The van der Waals surface area contributed by atoms with Crippen molar-refractivity contribution in [3.63, 3.8) is 0 Å². The van der Waals surface area contributed by atoms with Gasteiger partial charge in [0.15, 0.2) is 6.23 Å². The number of aromatic nitrogens is 1. The van der Waals surface area contributed by atoms with Gasteiger partial charge in [0.25, 0.3) is 5.91 Å². The fourth-order valence-electron chi connectivity index (χ4n) is 5.69. The second-order valence-corrected chi connectivity index (χ2v) is 9.54. The highest BCUT2D eigenvalue weighted by molar-refractivity contribution is 6.32. The van der Waals surface area contributed by atoms with Crippen LogP contribution in [0.15, 0.2) is 42.6 Å². The van der Waals surface area contributed by atoms with Gasteiger partial charge in [0.1, 0.15) is 0 Å². The van der Waals surface area contributed by atoms with Crippen LogP contribution in [0.5, 0.6) is 0 Å². The minimum absolute atomic E-state index is 0.189. The molecule has 1 saturated heterocycles. The number of fused-ring (bicyclic) bond motifs is 2. The average molecular weight is 443 g/mol. The van der Waals surface area contributed by atoms with Crippen LogP contribution in [0.2, 0.25) is 0 Å². The van der Waals surface area contributed by atoms with Crippen LogP contribution in [-0.4, -0.2) is 60.4 Å². The van der Waals surface area contributed by atoms with E-state index in [0.29, 0.717) is 11.1 Å². The quantitative estimate of drug-likeness (QED) is 0.583. The molecule has 0 radical (unpaired) electrons. The number of likely N-dealkylation sites (N-methyl/N-ethyl adjacent to an activating group) is 1. The maximum Gasteiger partial charge on any atom is 0.254 e. The van der Waals surface area contributed by atoms with E-state index in [-0.39, 0.29) is 5.91 Å². The van der Waals surface area contributed by atoms with Gasteiger partial charge in [-0.05, 0) is 67.6 Å². The number of anilines is 1. The van der Waals surface area contributed by atoms with Gasteiger partial charge in [-0.15, -0.1) is 0 Å². The summed E-state index contributed by atoms with van der Waals surface area (Å²) >= 11 is 0. The Morgan fingerprint density at radius 1 is 1.00 bits per heavy atom. The molecule has 0 bridgehead atoms. The first-order valence-electron chi connectivity index (χ1n) is 12.0. The number of rotatable bonds is 3. The molecule has 33 heavy (non-hydrogen) atoms. The van der Waals surface area contributed by atoms with Crippen molar-refractivity contribution in [3.8, 4) is 0 Å². The summed E-state index contributed by atoms with van der Waals surface area (Å²) in [5.41, 5.74) is 8.01. The fourth-order valence-corrected chi connectivity index (χ4v) is 5.69. The van der Waals surface area contributed by atoms with E-state index >= 15 is 0 Å². The smallest absolute Gasteiger partial charge is 0.254 e. The van der Waals surface area contributed by atoms with Crippen LogP contribution in [0.25, 0.3) is 22.0 Å². The van der Waals surface area contributed by atoms with Crippen LogP contribution in [0.3, 0.4) is 0 Å². The van der Waals surface area contributed by atoms with E-state index in [9.17, 15) is 9.90 Å². The molecular weight excluding hydrogens is 412 g/mol. The van der Waals surface area contributed by atoms with Crippen LogP contribution in [0.1, 0.15) is 35.1 Å².